The van der Waals surface area contributed by atoms with Crippen molar-refractivity contribution < 1.29 is 23.1 Å². The normalized spacial score (nSPS) is 18.2. The van der Waals surface area contributed by atoms with Crippen LogP contribution >= 0.6 is 11.6 Å². The highest BCUT2D eigenvalue weighted by Crippen LogP contribution is 2.40. The van der Waals surface area contributed by atoms with Crippen molar-refractivity contribution in [3.63, 3.8) is 0 Å². The second-order valence-corrected chi connectivity index (χ2v) is 6.31. The Kier molecular flexibility index (Phi) is 5.08. The highest BCUT2D eigenvalue weighted by molar-refractivity contribution is 6.32. The number of anilines is 2. The van der Waals surface area contributed by atoms with Crippen molar-refractivity contribution in [1.82, 2.24) is 0 Å². The molecule has 2 atom stereocenters. The number of hydrogen-bond donors (Lipinski definition) is 2. The summed E-state index contributed by atoms with van der Waals surface area (Å²) >= 11 is 6.00. The van der Waals surface area contributed by atoms with Crippen molar-refractivity contribution in [1.29, 1.82) is 0 Å². The van der Waals surface area contributed by atoms with Crippen molar-refractivity contribution >= 4 is 34.8 Å². The predicted molar refractivity (Wildman–Crippen MR) is 93.2 cm³/mol. The van der Waals surface area contributed by atoms with Crippen LogP contribution in [0.2, 0.25) is 5.02 Å². The molecule has 0 heterocycles. The number of rotatable bonds is 5. The maximum absolute atomic E-state index is 13.2. The van der Waals surface area contributed by atoms with Crippen LogP contribution in [0.5, 0.6) is 5.75 Å². The Labute approximate surface area is 153 Å². The zero-order valence-electron chi connectivity index (χ0n) is 13.7. The van der Waals surface area contributed by atoms with Crippen LogP contribution in [0.4, 0.5) is 20.2 Å². The first kappa shape index (κ1) is 18.1. The molecular weight excluding hydrogens is 366 g/mol. The van der Waals surface area contributed by atoms with Gasteiger partial charge in [0.25, 0.3) is 0 Å². The third-order valence-electron chi connectivity index (χ3n) is 4.07. The van der Waals surface area contributed by atoms with E-state index in [9.17, 15) is 18.4 Å². The van der Waals surface area contributed by atoms with Crippen molar-refractivity contribution in [2.75, 3.05) is 17.7 Å². The number of methoxy groups -OCH3 is 1. The van der Waals surface area contributed by atoms with E-state index in [0.29, 0.717) is 22.9 Å². The van der Waals surface area contributed by atoms with Gasteiger partial charge in [0.05, 0.1) is 24.0 Å². The van der Waals surface area contributed by atoms with Crippen LogP contribution in [0.1, 0.15) is 6.42 Å². The second-order valence-electron chi connectivity index (χ2n) is 5.91. The fraction of sp³-hybridized carbons (Fsp3) is 0.222. The van der Waals surface area contributed by atoms with Gasteiger partial charge in [-0.3, -0.25) is 9.59 Å². The molecule has 136 valence electrons. The SMILES string of the molecule is COc1ccc(NC(=O)C2CC2C(=O)Nc2ccc(F)c(F)c2)cc1Cl. The summed E-state index contributed by atoms with van der Waals surface area (Å²) in [6.07, 6.45) is 0.380. The van der Waals surface area contributed by atoms with E-state index in [1.165, 1.54) is 13.2 Å². The average molecular weight is 381 g/mol. The van der Waals surface area contributed by atoms with E-state index in [2.05, 4.69) is 10.6 Å². The third kappa shape index (κ3) is 3.94. The minimum absolute atomic E-state index is 0.141. The minimum Gasteiger partial charge on any atom is -0.495 e. The Hall–Kier alpha value is -2.67. The predicted octanol–water partition coefficient (Wildman–Crippen LogP) is 3.84. The Balaban J connectivity index is 1.57. The molecule has 0 spiro atoms. The maximum Gasteiger partial charge on any atom is 0.228 e. The molecule has 2 unspecified atom stereocenters. The topological polar surface area (TPSA) is 67.4 Å². The molecule has 0 radical (unpaired) electrons. The van der Waals surface area contributed by atoms with Gasteiger partial charge >= 0.3 is 0 Å². The summed E-state index contributed by atoms with van der Waals surface area (Å²) in [7, 11) is 1.49. The lowest BCUT2D eigenvalue weighted by Gasteiger charge is -2.08. The number of ether oxygens (including phenoxy) is 1. The molecule has 1 saturated carbocycles. The van der Waals surface area contributed by atoms with Gasteiger partial charge in [-0.05, 0) is 36.8 Å². The fourth-order valence-corrected chi connectivity index (χ4v) is 2.82. The smallest absolute Gasteiger partial charge is 0.228 e. The molecule has 2 amide bonds. The molecule has 2 aromatic carbocycles. The van der Waals surface area contributed by atoms with Crippen molar-refractivity contribution in [3.05, 3.63) is 53.1 Å². The van der Waals surface area contributed by atoms with Crippen LogP contribution in [0.15, 0.2) is 36.4 Å². The summed E-state index contributed by atoms with van der Waals surface area (Å²) in [5.74, 6) is -3.28. The molecule has 1 aliphatic carbocycles. The minimum atomic E-state index is -1.05. The number of amides is 2. The van der Waals surface area contributed by atoms with Gasteiger partial charge in [0.2, 0.25) is 11.8 Å². The van der Waals surface area contributed by atoms with Gasteiger partial charge < -0.3 is 15.4 Å². The summed E-state index contributed by atoms with van der Waals surface area (Å²) in [5, 5.41) is 5.53. The molecule has 1 fully saturated rings. The van der Waals surface area contributed by atoms with Gasteiger partial charge in [-0.15, -0.1) is 0 Å². The van der Waals surface area contributed by atoms with Gasteiger partial charge in [-0.1, -0.05) is 11.6 Å². The molecule has 2 N–H and O–H groups in total. The molecule has 8 heteroatoms. The van der Waals surface area contributed by atoms with Crippen molar-refractivity contribution in [2.45, 2.75) is 6.42 Å². The molecule has 0 aliphatic heterocycles. The summed E-state index contributed by atoms with van der Waals surface area (Å²) in [6.45, 7) is 0. The van der Waals surface area contributed by atoms with Crippen LogP contribution in [-0.4, -0.2) is 18.9 Å². The first-order chi connectivity index (χ1) is 12.4. The summed E-state index contributed by atoms with van der Waals surface area (Å²) < 4.78 is 31.1. The molecule has 0 saturated heterocycles. The van der Waals surface area contributed by atoms with E-state index in [1.54, 1.807) is 18.2 Å². The standard InChI is InChI=1S/C18H15ClF2N2O3/c1-26-16-5-3-9(6-13(16)19)22-17(24)11-8-12(11)18(25)23-10-2-4-14(20)15(21)7-10/h2-7,11-12H,8H2,1H3,(H,22,24)(H,23,25). The summed E-state index contributed by atoms with van der Waals surface area (Å²) in [5.41, 5.74) is 0.634. The molecule has 26 heavy (non-hydrogen) atoms. The zero-order chi connectivity index (χ0) is 18.8. The fourth-order valence-electron chi connectivity index (χ4n) is 2.56. The van der Waals surface area contributed by atoms with E-state index in [4.69, 9.17) is 16.3 Å². The van der Waals surface area contributed by atoms with Crippen LogP contribution in [0.25, 0.3) is 0 Å². The Morgan fingerprint density at radius 1 is 1.00 bits per heavy atom. The van der Waals surface area contributed by atoms with Crippen LogP contribution in [-0.2, 0) is 9.59 Å². The van der Waals surface area contributed by atoms with E-state index >= 15 is 0 Å². The Morgan fingerprint density at radius 3 is 2.12 bits per heavy atom. The number of hydrogen-bond acceptors (Lipinski definition) is 3. The third-order valence-corrected chi connectivity index (χ3v) is 4.37. The lowest BCUT2D eigenvalue weighted by molar-refractivity contribution is -0.122. The summed E-state index contributed by atoms with van der Waals surface area (Å²) in [4.78, 5) is 24.4. The highest BCUT2D eigenvalue weighted by Gasteiger charge is 2.48. The van der Waals surface area contributed by atoms with E-state index in [-0.39, 0.29) is 11.6 Å². The van der Waals surface area contributed by atoms with Crippen LogP contribution in [0.3, 0.4) is 0 Å². The quantitative estimate of drug-likeness (QED) is 0.828. The van der Waals surface area contributed by atoms with Gasteiger partial charge in [0.1, 0.15) is 5.75 Å². The maximum atomic E-state index is 13.2. The Morgan fingerprint density at radius 2 is 1.58 bits per heavy atom. The van der Waals surface area contributed by atoms with Crippen molar-refractivity contribution in [3.8, 4) is 5.75 Å². The van der Waals surface area contributed by atoms with Gasteiger partial charge in [-0.2, -0.15) is 0 Å². The van der Waals surface area contributed by atoms with E-state index in [1.807, 2.05) is 0 Å². The number of benzene rings is 2. The van der Waals surface area contributed by atoms with E-state index in [0.717, 1.165) is 12.1 Å². The lowest BCUT2D eigenvalue weighted by Crippen LogP contribution is -2.20. The van der Waals surface area contributed by atoms with Gasteiger partial charge in [0, 0.05) is 17.4 Å². The molecule has 2 aromatic rings. The monoisotopic (exact) mass is 380 g/mol. The second kappa shape index (κ2) is 7.29. The molecule has 5 nitrogen and oxygen atoms in total. The zero-order valence-corrected chi connectivity index (χ0v) is 14.4. The van der Waals surface area contributed by atoms with Crippen molar-refractivity contribution in [2.24, 2.45) is 11.8 Å². The Bertz CT molecular complexity index is 876. The summed E-state index contributed by atoms with van der Waals surface area (Å²) in [6, 6.07) is 7.89. The molecule has 0 bridgehead atoms. The van der Waals surface area contributed by atoms with Crippen LogP contribution < -0.4 is 15.4 Å². The van der Waals surface area contributed by atoms with Gasteiger partial charge in [0.15, 0.2) is 11.6 Å². The number of halogens is 3. The molecule has 0 aromatic heterocycles. The van der Waals surface area contributed by atoms with Gasteiger partial charge in [-0.25, -0.2) is 8.78 Å². The van der Waals surface area contributed by atoms with Crippen LogP contribution in [0, 0.1) is 23.5 Å². The molecular formula is C18H15ClF2N2O3. The van der Waals surface area contributed by atoms with E-state index < -0.39 is 29.4 Å². The largest absolute Gasteiger partial charge is 0.495 e. The number of carbonyl (C=O) groups is 2. The molecule has 3 rings (SSSR count). The average Bonchev–Trinajstić information content (AvgIpc) is 3.39. The first-order valence-corrected chi connectivity index (χ1v) is 8.17. The highest BCUT2D eigenvalue weighted by atomic mass is 35.5. The molecule has 1 aliphatic rings. The first-order valence-electron chi connectivity index (χ1n) is 7.79. The lowest BCUT2D eigenvalue weighted by atomic mass is 10.2. The number of nitrogens with one attached hydrogen (secondary N) is 2. The number of carbonyl (C=O) groups excluding carboxylic acids is 2.